The van der Waals surface area contributed by atoms with Gasteiger partial charge in [-0.1, -0.05) is 63.2 Å². The van der Waals surface area contributed by atoms with E-state index in [1.807, 2.05) is 51.1 Å². The monoisotopic (exact) mass is 631 g/mol. The molecule has 44 heavy (non-hydrogen) atoms. The minimum absolute atomic E-state index is 0.0694. The predicted octanol–water partition coefficient (Wildman–Crippen LogP) is 7.07. The largest absolute Gasteiger partial charge is 0.512 e. The quantitative estimate of drug-likeness (QED) is 0.204. The number of hydrogen-bond donors (Lipinski definition) is 3. The van der Waals surface area contributed by atoms with Crippen LogP contribution in [0.1, 0.15) is 63.5 Å². The maximum atomic E-state index is 13.7. The van der Waals surface area contributed by atoms with Gasteiger partial charge in [0.05, 0.1) is 17.5 Å². The van der Waals surface area contributed by atoms with Gasteiger partial charge in [-0.05, 0) is 60.1 Å². The van der Waals surface area contributed by atoms with Crippen LogP contribution in [-0.4, -0.2) is 36.3 Å². The Morgan fingerprint density at radius 1 is 1.05 bits per heavy atom. The SMILES string of the molecule is CC(C)(C)C(C1=C(O)CC(CCc2ccccc2)(CCC(F)(F)F)OC1=O)c1cccc(NS(=O)(=O)c2ccc(N)cn2)c1. The molecule has 0 radical (unpaired) electrons. The maximum absolute atomic E-state index is 13.7. The summed E-state index contributed by atoms with van der Waals surface area (Å²) in [4.78, 5) is 17.6. The average Bonchev–Trinajstić information content (AvgIpc) is 2.92. The zero-order chi connectivity index (χ0) is 32.3. The lowest BCUT2D eigenvalue weighted by Crippen LogP contribution is -2.43. The summed E-state index contributed by atoms with van der Waals surface area (Å²) in [6, 6.07) is 18.2. The van der Waals surface area contributed by atoms with E-state index in [0.717, 1.165) is 5.56 Å². The normalized spacial score (nSPS) is 18.5. The summed E-state index contributed by atoms with van der Waals surface area (Å²) in [7, 11) is -4.08. The maximum Gasteiger partial charge on any atom is 0.389 e. The van der Waals surface area contributed by atoms with E-state index in [1.165, 1.54) is 24.4 Å². The van der Waals surface area contributed by atoms with Crippen LogP contribution < -0.4 is 10.5 Å². The van der Waals surface area contributed by atoms with Crippen molar-refractivity contribution in [3.63, 3.8) is 0 Å². The van der Waals surface area contributed by atoms with Crippen LogP contribution in [-0.2, 0) is 26.0 Å². The molecule has 0 aliphatic carbocycles. The van der Waals surface area contributed by atoms with E-state index >= 15 is 0 Å². The second-order valence-corrected chi connectivity index (χ2v) is 13.8. The Hall–Kier alpha value is -4.06. The molecule has 0 bridgehead atoms. The fourth-order valence-electron chi connectivity index (χ4n) is 5.52. The number of carbonyl (C=O) groups is 1. The third-order valence-corrected chi connectivity index (χ3v) is 8.86. The number of halogens is 3. The van der Waals surface area contributed by atoms with Gasteiger partial charge in [-0.2, -0.15) is 21.6 Å². The number of carbonyl (C=O) groups excluding carboxylic acids is 1. The number of rotatable bonds is 10. The van der Waals surface area contributed by atoms with Gasteiger partial charge in [0.25, 0.3) is 10.0 Å². The number of aliphatic hydroxyl groups excluding tert-OH is 1. The number of ether oxygens (including phenoxy) is 1. The van der Waals surface area contributed by atoms with E-state index in [-0.39, 0.29) is 34.9 Å². The highest BCUT2D eigenvalue weighted by molar-refractivity contribution is 7.92. The second-order valence-electron chi connectivity index (χ2n) is 12.2. The van der Waals surface area contributed by atoms with Gasteiger partial charge in [-0.15, -0.1) is 0 Å². The molecule has 0 fully saturated rings. The number of nitrogen functional groups attached to an aromatic ring is 1. The number of sulfonamides is 1. The minimum Gasteiger partial charge on any atom is -0.512 e. The molecule has 1 aliphatic heterocycles. The number of aromatic nitrogens is 1. The van der Waals surface area contributed by atoms with E-state index in [2.05, 4.69) is 9.71 Å². The van der Waals surface area contributed by atoms with Crippen molar-refractivity contribution in [3.05, 3.63) is 95.4 Å². The van der Waals surface area contributed by atoms with Crippen molar-refractivity contribution in [1.29, 1.82) is 0 Å². The third kappa shape index (κ3) is 8.10. The van der Waals surface area contributed by atoms with Crippen LogP contribution in [0.15, 0.2) is 89.3 Å². The predicted molar refractivity (Wildman–Crippen MR) is 161 cm³/mol. The summed E-state index contributed by atoms with van der Waals surface area (Å²) in [6.07, 6.45) is -4.77. The van der Waals surface area contributed by atoms with Crippen molar-refractivity contribution in [1.82, 2.24) is 4.98 Å². The summed E-state index contributed by atoms with van der Waals surface area (Å²) in [5.74, 6) is -2.03. The van der Waals surface area contributed by atoms with Gasteiger partial charge in [0.15, 0.2) is 5.03 Å². The number of nitrogens with one attached hydrogen (secondary N) is 1. The number of pyridine rings is 1. The van der Waals surface area contributed by atoms with Crippen molar-refractivity contribution < 1.29 is 36.2 Å². The van der Waals surface area contributed by atoms with Gasteiger partial charge in [-0.25, -0.2) is 9.78 Å². The first kappa shape index (κ1) is 32.8. The van der Waals surface area contributed by atoms with Crippen molar-refractivity contribution in [3.8, 4) is 0 Å². The summed E-state index contributed by atoms with van der Waals surface area (Å²) in [6.45, 7) is 5.50. The van der Waals surface area contributed by atoms with Gasteiger partial charge >= 0.3 is 12.1 Å². The molecule has 1 aromatic heterocycles. The Morgan fingerprint density at radius 3 is 2.34 bits per heavy atom. The molecule has 2 aromatic carbocycles. The molecule has 4 N–H and O–H groups in total. The zero-order valence-electron chi connectivity index (χ0n) is 24.7. The molecular weight excluding hydrogens is 595 g/mol. The van der Waals surface area contributed by atoms with Gasteiger partial charge in [0.1, 0.15) is 11.4 Å². The molecule has 12 heteroatoms. The van der Waals surface area contributed by atoms with E-state index in [1.54, 1.807) is 18.2 Å². The highest BCUT2D eigenvalue weighted by Crippen LogP contribution is 2.48. The number of nitrogens with zero attached hydrogens (tertiary/aromatic N) is 1. The Labute approximate surface area is 255 Å². The van der Waals surface area contributed by atoms with E-state index in [4.69, 9.17) is 10.5 Å². The van der Waals surface area contributed by atoms with Crippen molar-refractivity contribution in [2.75, 3.05) is 10.5 Å². The van der Waals surface area contributed by atoms with Crippen LogP contribution in [0.4, 0.5) is 24.5 Å². The molecule has 3 aromatic rings. The number of esters is 1. The van der Waals surface area contributed by atoms with Gasteiger partial charge < -0.3 is 15.6 Å². The Balaban J connectivity index is 1.68. The van der Waals surface area contributed by atoms with Gasteiger partial charge in [0.2, 0.25) is 0 Å². The number of aliphatic hydroxyl groups is 1. The Kier molecular flexibility index (Phi) is 9.34. The summed E-state index contributed by atoms with van der Waals surface area (Å²) < 4.78 is 74.2. The van der Waals surface area contributed by atoms with Crippen molar-refractivity contribution in [2.45, 2.75) is 75.6 Å². The molecule has 2 unspecified atom stereocenters. The molecule has 2 atom stereocenters. The smallest absolute Gasteiger partial charge is 0.389 e. The summed E-state index contributed by atoms with van der Waals surface area (Å²) >= 11 is 0. The summed E-state index contributed by atoms with van der Waals surface area (Å²) in [5, 5.41) is 11.1. The molecule has 1 aliphatic rings. The Morgan fingerprint density at radius 2 is 1.75 bits per heavy atom. The first-order valence-electron chi connectivity index (χ1n) is 14.1. The lowest BCUT2D eigenvalue weighted by atomic mass is 9.70. The van der Waals surface area contributed by atoms with Crippen LogP contribution >= 0.6 is 0 Å². The standard InChI is InChI=1S/C32H36F3N3O5S/c1-30(2,3)28(22-10-7-11-24(18-22)38-44(41,42)26-13-12-23(36)20-37-26)27-25(39)19-31(43-29(27)40,16-17-32(33,34)35)15-14-21-8-5-4-6-9-21/h4-13,18,20,28,38-39H,14-17,19,36H2,1-3H3. The van der Waals surface area contributed by atoms with Crippen LogP contribution in [0.25, 0.3) is 0 Å². The number of nitrogens with two attached hydrogens (primary N) is 1. The molecule has 236 valence electrons. The van der Waals surface area contributed by atoms with Crippen molar-refractivity contribution in [2.24, 2.45) is 5.41 Å². The average molecular weight is 632 g/mol. The minimum atomic E-state index is -4.48. The number of hydrogen-bond acceptors (Lipinski definition) is 7. The van der Waals surface area contributed by atoms with E-state index < -0.39 is 51.9 Å². The topological polar surface area (TPSA) is 132 Å². The van der Waals surface area contributed by atoms with Crippen molar-refractivity contribution >= 4 is 27.4 Å². The zero-order valence-corrected chi connectivity index (χ0v) is 25.5. The van der Waals surface area contributed by atoms with E-state index in [0.29, 0.717) is 17.7 Å². The molecule has 0 saturated carbocycles. The number of benzene rings is 2. The van der Waals surface area contributed by atoms with Crippen LogP contribution in [0, 0.1) is 5.41 Å². The fourth-order valence-corrected chi connectivity index (χ4v) is 6.50. The fraction of sp³-hybridized carbons (Fsp3) is 0.375. The van der Waals surface area contributed by atoms with Crippen LogP contribution in [0.3, 0.4) is 0 Å². The third-order valence-electron chi connectivity index (χ3n) is 7.57. The number of anilines is 2. The van der Waals surface area contributed by atoms with E-state index in [9.17, 15) is 31.5 Å². The molecule has 8 nitrogen and oxygen atoms in total. The molecular formula is C32H36F3N3O5S. The summed E-state index contributed by atoms with van der Waals surface area (Å²) in [5.41, 5.74) is 5.13. The lowest BCUT2D eigenvalue weighted by Gasteiger charge is -2.41. The highest BCUT2D eigenvalue weighted by Gasteiger charge is 2.47. The number of cyclic esters (lactones) is 1. The first-order valence-corrected chi connectivity index (χ1v) is 15.6. The molecule has 0 spiro atoms. The van der Waals surface area contributed by atoms with Crippen LogP contribution in [0.5, 0.6) is 0 Å². The highest BCUT2D eigenvalue weighted by atomic mass is 32.2. The van der Waals surface area contributed by atoms with Crippen LogP contribution in [0.2, 0.25) is 0 Å². The molecule has 2 heterocycles. The molecule has 0 saturated heterocycles. The number of alkyl halides is 3. The molecule has 0 amide bonds. The number of aryl methyl sites for hydroxylation is 1. The van der Waals surface area contributed by atoms with Gasteiger partial charge in [-0.3, -0.25) is 4.72 Å². The van der Waals surface area contributed by atoms with Gasteiger partial charge in [0, 0.05) is 24.4 Å². The second kappa shape index (κ2) is 12.5. The lowest BCUT2D eigenvalue weighted by molar-refractivity contribution is -0.174. The first-order chi connectivity index (χ1) is 20.5. The Bertz CT molecular complexity index is 1620. The molecule has 4 rings (SSSR count).